The van der Waals surface area contributed by atoms with Crippen LogP contribution in [0.3, 0.4) is 0 Å². The molecule has 0 aliphatic carbocycles. The van der Waals surface area contributed by atoms with Gasteiger partial charge >= 0.3 is 0 Å². The molecule has 0 saturated heterocycles. The van der Waals surface area contributed by atoms with E-state index in [2.05, 4.69) is 9.97 Å². The van der Waals surface area contributed by atoms with Crippen molar-refractivity contribution in [3.05, 3.63) is 36.0 Å². The highest BCUT2D eigenvalue weighted by atomic mass is 16.3. The Morgan fingerprint density at radius 1 is 1.64 bits per heavy atom. The first-order valence-electron chi connectivity index (χ1n) is 4.28. The van der Waals surface area contributed by atoms with Crippen LogP contribution in [0.2, 0.25) is 0 Å². The van der Waals surface area contributed by atoms with E-state index in [4.69, 9.17) is 10.2 Å². The monoisotopic (exact) mass is 189 g/mol. The van der Waals surface area contributed by atoms with Crippen molar-refractivity contribution in [1.29, 1.82) is 0 Å². The molecule has 0 radical (unpaired) electrons. The molecule has 2 aromatic rings. The molecule has 4 heteroatoms. The van der Waals surface area contributed by atoms with E-state index in [0.29, 0.717) is 5.95 Å². The van der Waals surface area contributed by atoms with Gasteiger partial charge in [-0.2, -0.15) is 0 Å². The third-order valence-corrected chi connectivity index (χ3v) is 1.92. The number of imidazole rings is 1. The quantitative estimate of drug-likeness (QED) is 0.760. The minimum Gasteiger partial charge on any atom is -0.465 e. The summed E-state index contributed by atoms with van der Waals surface area (Å²) in [6.45, 7) is 1.97. The summed E-state index contributed by atoms with van der Waals surface area (Å²) >= 11 is 0. The Labute approximate surface area is 81.5 Å². The van der Waals surface area contributed by atoms with Crippen molar-refractivity contribution in [3.8, 4) is 0 Å². The normalized spacial score (nSPS) is 11.9. The number of nitrogens with one attached hydrogen (secondary N) is 1. The third kappa shape index (κ3) is 1.69. The minimum absolute atomic E-state index is 0.423. The van der Waals surface area contributed by atoms with Gasteiger partial charge in [0.25, 0.3) is 0 Å². The van der Waals surface area contributed by atoms with Gasteiger partial charge in [-0.15, -0.1) is 0 Å². The van der Waals surface area contributed by atoms with Gasteiger partial charge in [-0.25, -0.2) is 4.98 Å². The fourth-order valence-corrected chi connectivity index (χ4v) is 1.20. The largest absolute Gasteiger partial charge is 0.465 e. The average Bonchev–Trinajstić information content (AvgIpc) is 2.75. The first-order chi connectivity index (χ1) is 6.75. The third-order valence-electron chi connectivity index (χ3n) is 1.92. The fraction of sp³-hybridized carbons (Fsp3) is 0.100. The molecule has 72 valence electrons. The Kier molecular flexibility index (Phi) is 2.10. The summed E-state index contributed by atoms with van der Waals surface area (Å²) in [6.07, 6.45) is 5.26. The van der Waals surface area contributed by atoms with Crippen LogP contribution < -0.4 is 5.73 Å². The Morgan fingerprint density at radius 3 is 3.07 bits per heavy atom. The number of hydrogen-bond acceptors (Lipinski definition) is 3. The molecular formula is C10H11N3O. The molecule has 0 saturated carbocycles. The van der Waals surface area contributed by atoms with Gasteiger partial charge in [-0.05, 0) is 30.7 Å². The number of hydrogen-bond donors (Lipinski definition) is 2. The van der Waals surface area contributed by atoms with Gasteiger partial charge in [-0.3, -0.25) is 0 Å². The molecule has 0 aliphatic heterocycles. The van der Waals surface area contributed by atoms with E-state index in [-0.39, 0.29) is 0 Å². The summed E-state index contributed by atoms with van der Waals surface area (Å²) in [5, 5.41) is 0. The predicted octanol–water partition coefficient (Wildman–Crippen LogP) is 2.15. The van der Waals surface area contributed by atoms with E-state index in [9.17, 15) is 0 Å². The molecule has 3 N–H and O–H groups in total. The predicted molar refractivity (Wildman–Crippen MR) is 55.3 cm³/mol. The summed E-state index contributed by atoms with van der Waals surface area (Å²) in [6, 6.07) is 3.74. The zero-order valence-electron chi connectivity index (χ0n) is 7.82. The second-order valence-electron chi connectivity index (χ2n) is 3.02. The molecular weight excluding hydrogens is 178 g/mol. The molecule has 0 bridgehead atoms. The van der Waals surface area contributed by atoms with E-state index in [0.717, 1.165) is 17.0 Å². The van der Waals surface area contributed by atoms with Crippen LogP contribution in [0, 0.1) is 0 Å². The number of rotatable bonds is 2. The van der Waals surface area contributed by atoms with Gasteiger partial charge in [0.1, 0.15) is 5.76 Å². The molecule has 2 aromatic heterocycles. The van der Waals surface area contributed by atoms with Crippen molar-refractivity contribution in [2.24, 2.45) is 0 Å². The van der Waals surface area contributed by atoms with Crippen molar-refractivity contribution in [1.82, 2.24) is 9.97 Å². The summed E-state index contributed by atoms with van der Waals surface area (Å²) in [7, 11) is 0. The van der Waals surface area contributed by atoms with Crippen molar-refractivity contribution >= 4 is 17.6 Å². The Balaban J connectivity index is 2.28. The first kappa shape index (κ1) is 8.62. The number of nitrogens with zero attached hydrogens (tertiary/aromatic N) is 1. The summed E-state index contributed by atoms with van der Waals surface area (Å²) < 4.78 is 5.19. The van der Waals surface area contributed by atoms with Gasteiger partial charge in [0, 0.05) is 0 Å². The highest BCUT2D eigenvalue weighted by Crippen LogP contribution is 2.16. The van der Waals surface area contributed by atoms with Crippen molar-refractivity contribution in [2.75, 3.05) is 5.73 Å². The van der Waals surface area contributed by atoms with Crippen LogP contribution >= 0.6 is 0 Å². The van der Waals surface area contributed by atoms with E-state index < -0.39 is 0 Å². The van der Waals surface area contributed by atoms with Crippen molar-refractivity contribution < 1.29 is 4.42 Å². The van der Waals surface area contributed by atoms with E-state index in [1.54, 1.807) is 12.5 Å². The van der Waals surface area contributed by atoms with Crippen LogP contribution in [-0.4, -0.2) is 9.97 Å². The number of aromatic amines is 1. The number of nitrogens with two attached hydrogens (primary N) is 1. The SMILES string of the molecule is C/C(=C/c1ccco1)c1cnc(N)[nH]1. The van der Waals surface area contributed by atoms with E-state index in [1.165, 1.54) is 0 Å². The molecule has 2 heterocycles. The molecule has 14 heavy (non-hydrogen) atoms. The number of nitrogen functional groups attached to an aromatic ring is 1. The maximum Gasteiger partial charge on any atom is 0.197 e. The second-order valence-corrected chi connectivity index (χ2v) is 3.02. The van der Waals surface area contributed by atoms with Crippen molar-refractivity contribution in [3.63, 3.8) is 0 Å². The first-order valence-corrected chi connectivity index (χ1v) is 4.28. The van der Waals surface area contributed by atoms with E-state index >= 15 is 0 Å². The molecule has 0 spiro atoms. The molecule has 4 nitrogen and oxygen atoms in total. The Morgan fingerprint density at radius 2 is 2.50 bits per heavy atom. The summed E-state index contributed by atoms with van der Waals surface area (Å²) in [5.41, 5.74) is 7.41. The van der Waals surface area contributed by atoms with Crippen LogP contribution in [0.15, 0.2) is 29.0 Å². The average molecular weight is 189 g/mol. The standard InChI is InChI=1S/C10H11N3O/c1-7(5-8-3-2-4-14-8)9-6-12-10(11)13-9/h2-6H,1H3,(H3,11,12,13)/b7-5-. The lowest BCUT2D eigenvalue weighted by Gasteiger charge is -1.94. The van der Waals surface area contributed by atoms with Crippen LogP contribution in [0.4, 0.5) is 5.95 Å². The minimum atomic E-state index is 0.423. The molecule has 0 unspecified atom stereocenters. The lowest BCUT2D eigenvalue weighted by Crippen LogP contribution is -1.86. The molecule has 0 amide bonds. The number of furan rings is 1. The zero-order valence-corrected chi connectivity index (χ0v) is 7.82. The molecule has 0 aliphatic rings. The molecule has 0 aromatic carbocycles. The summed E-state index contributed by atoms with van der Waals surface area (Å²) in [5.74, 6) is 1.24. The number of H-pyrrole nitrogens is 1. The van der Waals surface area contributed by atoms with Crippen LogP contribution in [0.5, 0.6) is 0 Å². The Hall–Kier alpha value is -1.97. The molecule has 0 fully saturated rings. The smallest absolute Gasteiger partial charge is 0.197 e. The van der Waals surface area contributed by atoms with Gasteiger partial charge < -0.3 is 15.1 Å². The highest BCUT2D eigenvalue weighted by Gasteiger charge is 2.00. The topological polar surface area (TPSA) is 67.8 Å². The van der Waals surface area contributed by atoms with Crippen LogP contribution in [-0.2, 0) is 0 Å². The second kappa shape index (κ2) is 3.41. The lowest BCUT2D eigenvalue weighted by atomic mass is 10.2. The number of aromatic nitrogens is 2. The van der Waals surface area contributed by atoms with Gasteiger partial charge in [0.05, 0.1) is 18.2 Å². The molecule has 0 atom stereocenters. The lowest BCUT2D eigenvalue weighted by molar-refractivity contribution is 0.557. The van der Waals surface area contributed by atoms with Crippen molar-refractivity contribution in [2.45, 2.75) is 6.92 Å². The van der Waals surface area contributed by atoms with Gasteiger partial charge in [-0.1, -0.05) is 0 Å². The Bertz CT molecular complexity index is 440. The number of allylic oxidation sites excluding steroid dienone is 1. The van der Waals surface area contributed by atoms with E-state index in [1.807, 2.05) is 25.1 Å². The van der Waals surface area contributed by atoms with Crippen LogP contribution in [0.1, 0.15) is 18.4 Å². The highest BCUT2D eigenvalue weighted by molar-refractivity contribution is 5.77. The van der Waals surface area contributed by atoms with Gasteiger partial charge in [0.2, 0.25) is 0 Å². The zero-order chi connectivity index (χ0) is 9.97. The fourth-order valence-electron chi connectivity index (χ4n) is 1.20. The summed E-state index contributed by atoms with van der Waals surface area (Å²) in [4.78, 5) is 6.86. The maximum atomic E-state index is 5.47. The van der Waals surface area contributed by atoms with Crippen LogP contribution in [0.25, 0.3) is 11.6 Å². The van der Waals surface area contributed by atoms with Gasteiger partial charge in [0.15, 0.2) is 5.95 Å². The molecule has 2 rings (SSSR count). The maximum absolute atomic E-state index is 5.47. The number of anilines is 1.